The molecule has 2 heterocycles. The molecule has 0 aliphatic carbocycles. The highest BCUT2D eigenvalue weighted by atomic mass is 19.1. The minimum absolute atomic E-state index is 0.0524. The maximum Gasteiger partial charge on any atom is 0.314 e. The van der Waals surface area contributed by atoms with Crippen molar-refractivity contribution in [1.82, 2.24) is 5.16 Å². The predicted octanol–water partition coefficient (Wildman–Crippen LogP) is 3.65. The molecule has 3 aromatic rings. The van der Waals surface area contributed by atoms with E-state index in [0.717, 1.165) is 5.56 Å². The lowest BCUT2D eigenvalue weighted by Gasteiger charge is -2.24. The Morgan fingerprint density at radius 3 is 2.85 bits per heavy atom. The number of esters is 1. The number of nitrogens with zero attached hydrogens (tertiary/aromatic N) is 1. The van der Waals surface area contributed by atoms with Gasteiger partial charge in [-0.15, -0.1) is 0 Å². The summed E-state index contributed by atoms with van der Waals surface area (Å²) in [6.45, 7) is -0.104. The number of amides is 1. The highest BCUT2D eigenvalue weighted by molar-refractivity contribution is 5.99. The van der Waals surface area contributed by atoms with Crippen LogP contribution in [0.5, 0.6) is 0 Å². The quantitative estimate of drug-likeness (QED) is 0.713. The van der Waals surface area contributed by atoms with Gasteiger partial charge in [0.05, 0.1) is 5.92 Å². The van der Waals surface area contributed by atoms with Gasteiger partial charge in [-0.25, -0.2) is 4.39 Å². The third-order valence-corrected chi connectivity index (χ3v) is 4.32. The number of fused-ring (bicyclic) bond motifs is 1. The lowest BCUT2D eigenvalue weighted by atomic mass is 9.90. The Kier molecular flexibility index (Phi) is 4.42. The zero-order chi connectivity index (χ0) is 18.8. The lowest BCUT2D eigenvalue weighted by Crippen LogP contribution is -2.28. The fraction of sp³-hybridized carbons (Fsp3) is 0.150. The maximum absolute atomic E-state index is 13.4. The largest absolute Gasteiger partial charge is 0.457 e. The summed E-state index contributed by atoms with van der Waals surface area (Å²) in [4.78, 5) is 24.3. The first-order valence-corrected chi connectivity index (χ1v) is 8.37. The van der Waals surface area contributed by atoms with Crippen molar-refractivity contribution < 1.29 is 23.2 Å². The van der Waals surface area contributed by atoms with Crippen LogP contribution in [-0.4, -0.2) is 17.0 Å². The molecule has 1 aliphatic heterocycles. The van der Waals surface area contributed by atoms with Crippen LogP contribution in [0.4, 0.5) is 10.1 Å². The van der Waals surface area contributed by atoms with Crippen LogP contribution in [0.15, 0.2) is 59.1 Å². The topological polar surface area (TPSA) is 81.4 Å². The number of carbonyl (C=O) groups excluding carboxylic acids is 2. The minimum atomic E-state index is -0.786. The van der Waals surface area contributed by atoms with E-state index in [1.54, 1.807) is 6.07 Å². The van der Waals surface area contributed by atoms with Crippen LogP contribution in [0.2, 0.25) is 0 Å². The second kappa shape index (κ2) is 7.03. The summed E-state index contributed by atoms with van der Waals surface area (Å²) < 4.78 is 23.9. The second-order valence-corrected chi connectivity index (χ2v) is 6.19. The molecule has 0 unspecified atom stereocenters. The van der Waals surface area contributed by atoms with Crippen LogP contribution < -0.4 is 5.32 Å². The number of benzene rings is 2. The average molecular weight is 366 g/mol. The standard InChI is InChI=1S/C20H15FN2O4/c21-13-6-7-15-16(10-19(24)22-18(15)8-13)20(25)26-11-14-9-17(23-27-14)12-4-2-1-3-5-12/h1-9,16H,10-11H2,(H,22,24)/t16-/m1/s1. The molecule has 0 fully saturated rings. The number of halogens is 1. The van der Waals surface area contributed by atoms with Crippen molar-refractivity contribution in [2.45, 2.75) is 18.9 Å². The average Bonchev–Trinajstić information content (AvgIpc) is 3.15. The van der Waals surface area contributed by atoms with Crippen molar-refractivity contribution in [3.05, 3.63) is 71.7 Å². The van der Waals surface area contributed by atoms with Crippen molar-refractivity contribution in [1.29, 1.82) is 0 Å². The SMILES string of the molecule is O=C1C[C@@H](C(=O)OCc2cc(-c3ccccc3)no2)c2ccc(F)cc2N1. The molecule has 0 spiro atoms. The van der Waals surface area contributed by atoms with Crippen LogP contribution in [0.25, 0.3) is 11.3 Å². The Bertz CT molecular complexity index is 1000. The molecular weight excluding hydrogens is 351 g/mol. The van der Waals surface area contributed by atoms with Gasteiger partial charge in [0.2, 0.25) is 5.91 Å². The number of aromatic nitrogens is 1. The fourth-order valence-corrected chi connectivity index (χ4v) is 3.02. The molecule has 27 heavy (non-hydrogen) atoms. The summed E-state index contributed by atoms with van der Waals surface area (Å²) in [6, 6.07) is 15.1. The van der Waals surface area contributed by atoms with Gasteiger partial charge in [-0.1, -0.05) is 41.6 Å². The van der Waals surface area contributed by atoms with Gasteiger partial charge >= 0.3 is 5.97 Å². The van der Waals surface area contributed by atoms with Crippen molar-refractivity contribution in [2.75, 3.05) is 5.32 Å². The van der Waals surface area contributed by atoms with Crippen LogP contribution >= 0.6 is 0 Å². The Labute approximate surface area is 153 Å². The molecule has 4 rings (SSSR count). The van der Waals surface area contributed by atoms with Crippen molar-refractivity contribution >= 4 is 17.6 Å². The summed E-state index contributed by atoms with van der Waals surface area (Å²) >= 11 is 0. The van der Waals surface area contributed by atoms with Crippen molar-refractivity contribution in [2.24, 2.45) is 0 Å². The van der Waals surface area contributed by atoms with Crippen LogP contribution in [0, 0.1) is 5.82 Å². The third kappa shape index (κ3) is 3.57. The molecule has 0 saturated heterocycles. The van der Waals surface area contributed by atoms with Gasteiger partial charge in [-0.2, -0.15) is 0 Å². The molecule has 0 bridgehead atoms. The first-order chi connectivity index (χ1) is 13.1. The van der Waals surface area contributed by atoms with E-state index in [1.165, 1.54) is 18.2 Å². The predicted molar refractivity (Wildman–Crippen MR) is 94.1 cm³/mol. The van der Waals surface area contributed by atoms with Crippen LogP contribution in [0.1, 0.15) is 23.7 Å². The maximum atomic E-state index is 13.4. The minimum Gasteiger partial charge on any atom is -0.457 e. The van der Waals surface area contributed by atoms with E-state index in [2.05, 4.69) is 10.5 Å². The smallest absolute Gasteiger partial charge is 0.314 e. The van der Waals surface area contributed by atoms with E-state index in [9.17, 15) is 14.0 Å². The number of carbonyl (C=O) groups is 2. The highest BCUT2D eigenvalue weighted by Gasteiger charge is 2.32. The number of nitrogens with one attached hydrogen (secondary N) is 1. The Morgan fingerprint density at radius 2 is 2.04 bits per heavy atom. The summed E-state index contributed by atoms with van der Waals surface area (Å²) in [5.74, 6) is -1.82. The summed E-state index contributed by atoms with van der Waals surface area (Å²) in [5, 5.41) is 6.53. The van der Waals surface area contributed by atoms with Gasteiger partial charge in [0, 0.05) is 23.7 Å². The first-order valence-electron chi connectivity index (χ1n) is 8.37. The molecule has 1 amide bonds. The molecule has 7 heteroatoms. The van der Waals surface area contributed by atoms with Gasteiger partial charge in [0.1, 0.15) is 11.5 Å². The zero-order valence-corrected chi connectivity index (χ0v) is 14.1. The van der Waals surface area contributed by atoms with Crippen molar-refractivity contribution in [3.8, 4) is 11.3 Å². The molecule has 0 radical (unpaired) electrons. The van der Waals surface area contributed by atoms with E-state index in [1.807, 2.05) is 30.3 Å². The van der Waals surface area contributed by atoms with Crippen LogP contribution in [0.3, 0.4) is 0 Å². The Morgan fingerprint density at radius 1 is 1.22 bits per heavy atom. The van der Waals surface area contributed by atoms with E-state index in [0.29, 0.717) is 22.7 Å². The molecule has 136 valence electrons. The highest BCUT2D eigenvalue weighted by Crippen LogP contribution is 2.33. The van der Waals surface area contributed by atoms with Crippen molar-refractivity contribution in [3.63, 3.8) is 0 Å². The molecule has 1 aliphatic rings. The van der Waals surface area contributed by atoms with Gasteiger partial charge in [0.15, 0.2) is 12.4 Å². The number of ether oxygens (including phenoxy) is 1. The number of hydrogen-bond donors (Lipinski definition) is 1. The van der Waals surface area contributed by atoms with E-state index in [4.69, 9.17) is 9.26 Å². The lowest BCUT2D eigenvalue weighted by molar-refractivity contribution is -0.148. The molecule has 6 nitrogen and oxygen atoms in total. The molecule has 1 N–H and O–H groups in total. The van der Waals surface area contributed by atoms with Gasteiger partial charge in [-0.05, 0) is 17.7 Å². The Hall–Kier alpha value is -3.48. The number of anilines is 1. The normalized spacial score (nSPS) is 15.7. The van der Waals surface area contributed by atoms with Gasteiger partial charge < -0.3 is 14.6 Å². The monoisotopic (exact) mass is 366 g/mol. The second-order valence-electron chi connectivity index (χ2n) is 6.19. The van der Waals surface area contributed by atoms with E-state index >= 15 is 0 Å². The van der Waals surface area contributed by atoms with E-state index in [-0.39, 0.29) is 18.9 Å². The molecule has 1 aromatic heterocycles. The van der Waals surface area contributed by atoms with Crippen LogP contribution in [-0.2, 0) is 20.9 Å². The number of rotatable bonds is 4. The summed E-state index contributed by atoms with van der Waals surface area (Å²) in [6.07, 6.45) is -0.0524. The first kappa shape index (κ1) is 17.0. The van der Waals surface area contributed by atoms with Gasteiger partial charge in [0.25, 0.3) is 0 Å². The van der Waals surface area contributed by atoms with Gasteiger partial charge in [-0.3, -0.25) is 9.59 Å². The molecular formula is C20H15FN2O4. The molecule has 0 saturated carbocycles. The third-order valence-electron chi connectivity index (χ3n) is 4.32. The van der Waals surface area contributed by atoms with E-state index < -0.39 is 17.7 Å². The number of hydrogen-bond acceptors (Lipinski definition) is 5. The summed E-state index contributed by atoms with van der Waals surface area (Å²) in [7, 11) is 0. The Balaban J connectivity index is 1.46. The molecule has 2 aromatic carbocycles. The molecule has 1 atom stereocenters. The summed E-state index contributed by atoms with van der Waals surface area (Å²) in [5.41, 5.74) is 2.35. The fourth-order valence-electron chi connectivity index (χ4n) is 3.02. The zero-order valence-electron chi connectivity index (χ0n) is 14.1.